The Morgan fingerprint density at radius 3 is 2.29 bits per heavy atom. The summed E-state index contributed by atoms with van der Waals surface area (Å²) >= 11 is 0. The molecular weight excluding hydrogens is 398 g/mol. The molecule has 5 atom stereocenters. The van der Waals surface area contributed by atoms with Crippen LogP contribution in [0.4, 0.5) is 0 Å². The van der Waals surface area contributed by atoms with Gasteiger partial charge in [0.05, 0.1) is 25.9 Å². The van der Waals surface area contributed by atoms with Gasteiger partial charge in [-0.25, -0.2) is 0 Å². The zero-order valence-corrected chi connectivity index (χ0v) is 17.7. The van der Waals surface area contributed by atoms with Crippen molar-refractivity contribution in [1.29, 1.82) is 0 Å². The summed E-state index contributed by atoms with van der Waals surface area (Å²) in [5.41, 5.74) is 10.9. The minimum Gasteiger partial charge on any atom is -0.371 e. The second-order valence-corrected chi connectivity index (χ2v) is 8.08. The molecule has 164 valence electrons. The third-order valence-electron chi connectivity index (χ3n) is 5.31. The molecule has 0 amide bonds. The smallest absolute Gasteiger partial charge is 0.190 e. The fourth-order valence-corrected chi connectivity index (χ4v) is 3.91. The van der Waals surface area contributed by atoms with Gasteiger partial charge < -0.3 is 23.7 Å². The zero-order valence-electron chi connectivity index (χ0n) is 17.7. The summed E-state index contributed by atoms with van der Waals surface area (Å²) in [7, 11) is 0. The number of ether oxygens (including phenoxy) is 5. The Kier molecular flexibility index (Phi) is 6.87. The average molecular weight is 425 g/mol. The molecule has 31 heavy (non-hydrogen) atoms. The molecule has 2 saturated heterocycles. The van der Waals surface area contributed by atoms with Crippen molar-refractivity contribution in [3.05, 3.63) is 82.2 Å². The Bertz CT molecular complexity index is 889. The van der Waals surface area contributed by atoms with Gasteiger partial charge in [-0.2, -0.15) is 0 Å². The van der Waals surface area contributed by atoms with Crippen molar-refractivity contribution >= 4 is 0 Å². The van der Waals surface area contributed by atoms with Crippen LogP contribution in [0.5, 0.6) is 0 Å². The molecule has 2 aliphatic rings. The van der Waals surface area contributed by atoms with Crippen LogP contribution < -0.4 is 0 Å². The lowest BCUT2D eigenvalue weighted by molar-refractivity contribution is -0.233. The van der Waals surface area contributed by atoms with Gasteiger partial charge in [-0.1, -0.05) is 65.8 Å². The van der Waals surface area contributed by atoms with Gasteiger partial charge >= 0.3 is 0 Å². The van der Waals surface area contributed by atoms with Crippen molar-refractivity contribution in [1.82, 2.24) is 0 Å². The second-order valence-electron chi connectivity index (χ2n) is 8.08. The van der Waals surface area contributed by atoms with Gasteiger partial charge in [-0.15, -0.1) is 0 Å². The minimum atomic E-state index is -0.764. The topological polar surface area (TPSA) is 94.9 Å². The van der Waals surface area contributed by atoms with Crippen molar-refractivity contribution in [2.75, 3.05) is 6.54 Å². The number of nitrogens with zero attached hydrogens (tertiary/aromatic N) is 3. The normalized spacial score (nSPS) is 27.4. The lowest BCUT2D eigenvalue weighted by atomic mass is 10.0. The van der Waals surface area contributed by atoms with Gasteiger partial charge in [-0.05, 0) is 30.5 Å². The second kappa shape index (κ2) is 9.78. The van der Waals surface area contributed by atoms with Crippen LogP contribution >= 0.6 is 0 Å². The fourth-order valence-electron chi connectivity index (χ4n) is 3.91. The van der Waals surface area contributed by atoms with E-state index in [0.29, 0.717) is 13.2 Å². The van der Waals surface area contributed by atoms with E-state index in [-0.39, 0.29) is 6.54 Å². The molecule has 0 N–H and O–H groups in total. The van der Waals surface area contributed by atoms with Crippen molar-refractivity contribution in [3.8, 4) is 0 Å². The predicted molar refractivity (Wildman–Crippen MR) is 113 cm³/mol. The van der Waals surface area contributed by atoms with Gasteiger partial charge in [0.15, 0.2) is 12.1 Å². The molecule has 0 aliphatic carbocycles. The standard InChI is InChI=1S/C23H27N3O5/c1-23(2)30-21-20(28-15-17-11-7-4-8-12-17)19(29-22(21)31-23)18(13-25-26-24)27-14-16-9-5-3-6-10-16/h3-12,18-22H,13-15H2,1-2H3/t18-,19-,20+,21-,22-/m1/s1. The highest BCUT2D eigenvalue weighted by Gasteiger charge is 2.57. The van der Waals surface area contributed by atoms with Crippen LogP contribution in [0.15, 0.2) is 65.8 Å². The minimum absolute atomic E-state index is 0.113. The molecule has 0 spiro atoms. The van der Waals surface area contributed by atoms with E-state index in [1.165, 1.54) is 0 Å². The largest absolute Gasteiger partial charge is 0.371 e. The number of fused-ring (bicyclic) bond motifs is 1. The molecule has 2 aliphatic heterocycles. The summed E-state index contributed by atoms with van der Waals surface area (Å²) in [6.45, 7) is 4.57. The highest BCUT2D eigenvalue weighted by molar-refractivity contribution is 5.14. The van der Waals surface area contributed by atoms with Crippen LogP contribution in [-0.4, -0.2) is 43.0 Å². The molecule has 8 nitrogen and oxygen atoms in total. The summed E-state index contributed by atoms with van der Waals surface area (Å²) in [6.07, 6.45) is -2.45. The van der Waals surface area contributed by atoms with Crippen LogP contribution in [0.2, 0.25) is 0 Å². The Morgan fingerprint density at radius 2 is 1.65 bits per heavy atom. The summed E-state index contributed by atoms with van der Waals surface area (Å²) in [5, 5.41) is 3.74. The first-order valence-electron chi connectivity index (χ1n) is 10.4. The quantitative estimate of drug-likeness (QED) is 0.338. The van der Waals surface area contributed by atoms with Gasteiger partial charge in [0.1, 0.15) is 18.3 Å². The number of hydrogen-bond acceptors (Lipinski definition) is 6. The summed E-state index contributed by atoms with van der Waals surface area (Å²) in [5.74, 6) is -0.764. The maximum atomic E-state index is 8.87. The van der Waals surface area contributed by atoms with E-state index in [2.05, 4.69) is 10.0 Å². The van der Waals surface area contributed by atoms with Crippen LogP contribution in [0.3, 0.4) is 0 Å². The third-order valence-corrected chi connectivity index (χ3v) is 5.31. The van der Waals surface area contributed by atoms with Gasteiger partial charge in [0, 0.05) is 4.91 Å². The Morgan fingerprint density at radius 1 is 1.00 bits per heavy atom. The van der Waals surface area contributed by atoms with E-state index < -0.39 is 36.5 Å². The van der Waals surface area contributed by atoms with E-state index in [9.17, 15) is 0 Å². The molecule has 2 heterocycles. The summed E-state index contributed by atoms with van der Waals surface area (Å²) in [6, 6.07) is 19.7. The zero-order chi connectivity index (χ0) is 21.7. The van der Waals surface area contributed by atoms with Gasteiger partial charge in [-0.3, -0.25) is 0 Å². The Labute approximate surface area is 181 Å². The Balaban J connectivity index is 1.51. The molecule has 0 saturated carbocycles. The van der Waals surface area contributed by atoms with Crippen LogP contribution in [-0.2, 0) is 36.9 Å². The average Bonchev–Trinajstić information content (AvgIpc) is 3.25. The molecule has 4 rings (SSSR count). The molecule has 2 aromatic carbocycles. The van der Waals surface area contributed by atoms with Crippen molar-refractivity contribution in [2.24, 2.45) is 5.11 Å². The molecule has 2 aromatic rings. The number of rotatable bonds is 9. The maximum Gasteiger partial charge on any atom is 0.190 e. The first kappa shape index (κ1) is 21.8. The maximum absolute atomic E-state index is 8.87. The molecule has 0 unspecified atom stereocenters. The van der Waals surface area contributed by atoms with E-state index in [4.69, 9.17) is 29.2 Å². The van der Waals surface area contributed by atoms with Crippen LogP contribution in [0.25, 0.3) is 10.4 Å². The summed E-state index contributed by atoms with van der Waals surface area (Å²) < 4.78 is 30.6. The van der Waals surface area contributed by atoms with E-state index in [1.54, 1.807) is 0 Å². The highest BCUT2D eigenvalue weighted by Crippen LogP contribution is 2.40. The monoisotopic (exact) mass is 425 g/mol. The van der Waals surface area contributed by atoms with E-state index >= 15 is 0 Å². The van der Waals surface area contributed by atoms with Gasteiger partial charge in [0.2, 0.25) is 0 Å². The number of benzene rings is 2. The first-order valence-corrected chi connectivity index (χ1v) is 10.4. The van der Waals surface area contributed by atoms with Crippen molar-refractivity contribution in [3.63, 3.8) is 0 Å². The molecule has 0 radical (unpaired) electrons. The fraction of sp³-hybridized carbons (Fsp3) is 0.478. The highest BCUT2D eigenvalue weighted by atomic mass is 16.8. The van der Waals surface area contributed by atoms with Crippen LogP contribution in [0.1, 0.15) is 25.0 Å². The van der Waals surface area contributed by atoms with Crippen molar-refractivity contribution < 1.29 is 23.7 Å². The molecule has 0 aromatic heterocycles. The molecule has 8 heteroatoms. The number of hydrogen-bond donors (Lipinski definition) is 0. The van der Waals surface area contributed by atoms with Gasteiger partial charge in [0.25, 0.3) is 0 Å². The van der Waals surface area contributed by atoms with Crippen LogP contribution in [0, 0.1) is 0 Å². The van der Waals surface area contributed by atoms with E-state index in [0.717, 1.165) is 11.1 Å². The number of azide groups is 1. The predicted octanol–water partition coefficient (Wildman–Crippen LogP) is 4.34. The Hall–Kier alpha value is -2.45. The summed E-state index contributed by atoms with van der Waals surface area (Å²) in [4.78, 5) is 2.90. The first-order chi connectivity index (χ1) is 15.1. The lowest BCUT2D eigenvalue weighted by Crippen LogP contribution is -2.44. The molecule has 0 bridgehead atoms. The third kappa shape index (κ3) is 5.43. The SMILES string of the molecule is CC1(C)O[C@H]2O[C@H]([C@@H](CN=[N+]=[N-])OCc3ccccc3)[C@H](OCc3ccccc3)[C@H]2O1. The lowest BCUT2D eigenvalue weighted by Gasteiger charge is -2.30. The molecular formula is C23H27N3O5. The van der Waals surface area contributed by atoms with Crippen molar-refractivity contribution in [2.45, 2.75) is 63.6 Å². The van der Waals surface area contributed by atoms with E-state index in [1.807, 2.05) is 74.5 Å². The molecule has 2 fully saturated rings.